The lowest BCUT2D eigenvalue weighted by molar-refractivity contribution is -0.167. The maximum absolute atomic E-state index is 13.1. The molecule has 0 spiro atoms. The van der Waals surface area contributed by atoms with E-state index < -0.39 is 58.8 Å². The third kappa shape index (κ3) is 21.7. The quantitative estimate of drug-likeness (QED) is 0.0117. The number of esters is 6. The second kappa shape index (κ2) is 34.4. The molecule has 482 valence electrons. The highest BCUT2D eigenvalue weighted by atomic mass is 16.6. The minimum Gasteiger partial charge on any atom is -0.494 e. The van der Waals surface area contributed by atoms with Gasteiger partial charge in [-0.05, 0) is 166 Å². The minimum absolute atomic E-state index is 0.0880. The molecule has 0 aliphatic carbocycles. The molecule has 0 saturated carbocycles. The second-order valence-electron chi connectivity index (χ2n) is 21.6. The van der Waals surface area contributed by atoms with Gasteiger partial charge in [0, 0.05) is 71.8 Å². The highest BCUT2D eigenvalue weighted by Crippen LogP contribution is 2.26. The third-order valence-corrected chi connectivity index (χ3v) is 14.5. The van der Waals surface area contributed by atoms with Gasteiger partial charge in [-0.2, -0.15) is 0 Å². The van der Waals surface area contributed by atoms with Gasteiger partial charge in [-0.3, -0.25) is 14.4 Å². The van der Waals surface area contributed by atoms with Crippen LogP contribution in [0, 0.1) is 0 Å². The Morgan fingerprint density at radius 2 is 0.591 bits per heavy atom. The molecule has 9 aromatic rings. The summed E-state index contributed by atoms with van der Waals surface area (Å²) in [6.07, 6.45) is 7.44. The van der Waals surface area contributed by atoms with Gasteiger partial charge in [0.1, 0.15) is 64.5 Å². The van der Waals surface area contributed by atoms with Gasteiger partial charge in [0.05, 0.1) is 36.5 Å². The molecule has 9 rings (SSSR count). The average Bonchev–Trinajstić information content (AvgIpc) is 3.55. The van der Waals surface area contributed by atoms with Crippen molar-refractivity contribution in [1.82, 2.24) is 0 Å². The summed E-state index contributed by atoms with van der Waals surface area (Å²) >= 11 is 0. The maximum atomic E-state index is 13.1. The molecule has 0 saturated heterocycles. The predicted octanol–water partition coefficient (Wildman–Crippen LogP) is 13.0. The molecular formula is C72H68O21. The maximum Gasteiger partial charge on any atom is 0.343 e. The van der Waals surface area contributed by atoms with Crippen LogP contribution < -0.4 is 45.3 Å². The normalized spacial score (nSPS) is 11.1. The van der Waals surface area contributed by atoms with Crippen molar-refractivity contribution in [1.29, 1.82) is 0 Å². The molecule has 0 radical (unpaired) electrons. The summed E-state index contributed by atoms with van der Waals surface area (Å²) < 4.78 is 66.2. The summed E-state index contributed by atoms with van der Waals surface area (Å²) in [6.45, 7) is 0.621. The Labute approximate surface area is 533 Å². The van der Waals surface area contributed by atoms with E-state index in [2.05, 4.69) is 0 Å². The van der Waals surface area contributed by atoms with Gasteiger partial charge in [0.15, 0.2) is 6.10 Å². The molecule has 0 aliphatic rings. The molecule has 0 fully saturated rings. The standard InChI is InChI=1S/C72H68O21/c73-64(13-7-1-4-10-40-82-54-28-19-51(20-29-54)70(79)88-57-34-16-48-25-37-67(76)91-61(48)43-57)85-46-60(87-66(75)15-9-3-6-12-42-84-56-32-23-53(24-33-56)72(81)90-59-36-18-50-27-39-69(78)93-63(50)45-59)47-86-65(74)14-8-2-5-11-41-83-55-30-21-52(22-31-55)71(80)89-58-35-17-49-26-38-68(77)92-62(49)44-58/h16-39,43-45,60H,1-15,40-42,46-47H2. The van der Waals surface area contributed by atoms with E-state index in [1.165, 1.54) is 36.4 Å². The summed E-state index contributed by atoms with van der Waals surface area (Å²) in [7, 11) is 0. The molecular weight excluding hydrogens is 1200 g/mol. The van der Waals surface area contributed by atoms with Crippen LogP contribution in [0.15, 0.2) is 191 Å². The van der Waals surface area contributed by atoms with Gasteiger partial charge in [0.25, 0.3) is 0 Å². The van der Waals surface area contributed by atoms with Crippen molar-refractivity contribution in [3.05, 3.63) is 212 Å². The summed E-state index contributed by atoms with van der Waals surface area (Å²) in [4.78, 5) is 112. The number of carbonyl (C=O) groups excluding carboxylic acids is 6. The van der Waals surface area contributed by atoms with Gasteiger partial charge < -0.3 is 55.9 Å². The van der Waals surface area contributed by atoms with Crippen molar-refractivity contribution in [3.63, 3.8) is 0 Å². The zero-order valence-corrected chi connectivity index (χ0v) is 50.9. The van der Waals surface area contributed by atoms with E-state index in [0.29, 0.717) is 144 Å². The van der Waals surface area contributed by atoms with E-state index in [0.717, 1.165) is 19.3 Å². The Bertz CT molecular complexity index is 4000. The van der Waals surface area contributed by atoms with Gasteiger partial charge in [-0.1, -0.05) is 38.5 Å². The molecule has 3 aromatic heterocycles. The molecule has 21 nitrogen and oxygen atoms in total. The molecule has 93 heavy (non-hydrogen) atoms. The Kier molecular flexibility index (Phi) is 24.6. The van der Waals surface area contributed by atoms with Gasteiger partial charge in [0.2, 0.25) is 0 Å². The molecule has 0 atom stereocenters. The number of carbonyl (C=O) groups is 6. The number of benzene rings is 6. The molecule has 0 bridgehead atoms. The van der Waals surface area contributed by atoms with E-state index in [1.807, 2.05) is 0 Å². The van der Waals surface area contributed by atoms with Gasteiger partial charge in [-0.25, -0.2) is 28.8 Å². The lowest BCUT2D eigenvalue weighted by Crippen LogP contribution is -2.30. The Hall–Kier alpha value is -10.8. The summed E-state index contributed by atoms with van der Waals surface area (Å²) in [5.41, 5.74) is 0.289. The van der Waals surface area contributed by atoms with Crippen LogP contribution in [0.3, 0.4) is 0 Å². The fraction of sp³-hybridized carbons (Fsp3) is 0.292. The highest BCUT2D eigenvalue weighted by Gasteiger charge is 2.21. The van der Waals surface area contributed by atoms with E-state index in [4.69, 9.17) is 55.9 Å². The van der Waals surface area contributed by atoms with Crippen LogP contribution in [0.5, 0.6) is 34.5 Å². The predicted molar refractivity (Wildman–Crippen MR) is 339 cm³/mol. The van der Waals surface area contributed by atoms with Crippen molar-refractivity contribution < 1.29 is 84.7 Å². The smallest absolute Gasteiger partial charge is 0.343 e. The fourth-order valence-corrected chi connectivity index (χ4v) is 9.50. The largest absolute Gasteiger partial charge is 0.494 e. The first-order chi connectivity index (χ1) is 45.2. The first-order valence-electron chi connectivity index (χ1n) is 30.7. The molecule has 21 heteroatoms. The number of hydrogen-bond acceptors (Lipinski definition) is 21. The van der Waals surface area contributed by atoms with Crippen LogP contribution in [0.4, 0.5) is 0 Å². The molecule has 3 heterocycles. The average molecular weight is 1270 g/mol. The van der Waals surface area contributed by atoms with E-state index in [-0.39, 0.29) is 49.7 Å². The van der Waals surface area contributed by atoms with Crippen molar-refractivity contribution >= 4 is 68.7 Å². The van der Waals surface area contributed by atoms with Crippen LogP contribution in [-0.2, 0) is 28.6 Å². The minimum atomic E-state index is -1.02. The third-order valence-electron chi connectivity index (χ3n) is 14.5. The van der Waals surface area contributed by atoms with E-state index >= 15 is 0 Å². The van der Waals surface area contributed by atoms with Crippen molar-refractivity contribution in [2.24, 2.45) is 0 Å². The SMILES string of the molecule is O=C(CCCCCCOc1ccc(C(=O)Oc2ccc3ccc(=O)oc3c2)cc1)OCC(COC(=O)CCCCCCOc1ccc(C(=O)Oc2ccc3ccc(=O)oc3c2)cc1)OC(=O)CCCCCCOc1ccc(C(=O)Oc2ccc3ccc(=O)oc3c2)cc1. The Morgan fingerprint density at radius 3 is 0.914 bits per heavy atom. The highest BCUT2D eigenvalue weighted by molar-refractivity contribution is 5.93. The molecule has 0 aliphatic heterocycles. The van der Waals surface area contributed by atoms with E-state index in [9.17, 15) is 43.2 Å². The number of rotatable bonds is 35. The number of unbranched alkanes of at least 4 members (excludes halogenated alkanes) is 9. The zero-order valence-electron chi connectivity index (χ0n) is 50.9. The van der Waals surface area contributed by atoms with Crippen LogP contribution in [0.25, 0.3) is 32.9 Å². The van der Waals surface area contributed by atoms with Crippen LogP contribution >= 0.6 is 0 Å². The summed E-state index contributed by atoms with van der Waals surface area (Å²) in [5.74, 6) is -0.878. The monoisotopic (exact) mass is 1270 g/mol. The summed E-state index contributed by atoms with van der Waals surface area (Å²) in [5, 5.41) is 2.08. The van der Waals surface area contributed by atoms with Crippen LogP contribution in [0.1, 0.15) is 127 Å². The molecule has 6 aromatic carbocycles. The zero-order chi connectivity index (χ0) is 65.2. The number of hydrogen-bond donors (Lipinski definition) is 0. The lowest BCUT2D eigenvalue weighted by atomic mass is 10.1. The van der Waals surface area contributed by atoms with Crippen molar-refractivity contribution in [2.45, 2.75) is 102 Å². The topological polar surface area (TPSA) is 276 Å². The molecule has 0 amide bonds. The van der Waals surface area contributed by atoms with Crippen LogP contribution in [-0.4, -0.2) is 75.0 Å². The van der Waals surface area contributed by atoms with Gasteiger partial charge in [-0.15, -0.1) is 0 Å². The second-order valence-corrected chi connectivity index (χ2v) is 21.6. The lowest BCUT2D eigenvalue weighted by Gasteiger charge is -2.18. The Balaban J connectivity index is 0.645. The van der Waals surface area contributed by atoms with Gasteiger partial charge >= 0.3 is 52.7 Å². The summed E-state index contributed by atoms with van der Waals surface area (Å²) in [6, 6.07) is 42.7. The van der Waals surface area contributed by atoms with Crippen LogP contribution in [0.2, 0.25) is 0 Å². The fourth-order valence-electron chi connectivity index (χ4n) is 9.50. The molecule has 0 unspecified atom stereocenters. The first-order valence-corrected chi connectivity index (χ1v) is 30.7. The Morgan fingerprint density at radius 1 is 0.312 bits per heavy atom. The number of ether oxygens (including phenoxy) is 9. The number of fused-ring (bicyclic) bond motifs is 3. The van der Waals surface area contributed by atoms with E-state index in [1.54, 1.807) is 127 Å². The first kappa shape index (κ1) is 66.6. The van der Waals surface area contributed by atoms with Crippen molar-refractivity contribution in [2.75, 3.05) is 33.0 Å². The van der Waals surface area contributed by atoms with Crippen molar-refractivity contribution in [3.8, 4) is 34.5 Å². The molecule has 0 N–H and O–H groups in total.